The maximum atomic E-state index is 13.8. The Morgan fingerprint density at radius 3 is 2.17 bits per heavy atom. The predicted octanol–water partition coefficient (Wildman–Crippen LogP) is 8.21. The normalized spacial score (nSPS) is 11.4. The fraction of sp³-hybridized carbons (Fsp3) is 0.529. The number of anilines is 1. The van der Waals surface area contributed by atoms with Crippen molar-refractivity contribution in [3.63, 3.8) is 0 Å². The molecule has 2 amide bonds. The lowest BCUT2D eigenvalue weighted by atomic mass is 9.98. The summed E-state index contributed by atoms with van der Waals surface area (Å²) in [6, 6.07) is 12.6. The second-order valence-electron chi connectivity index (χ2n) is 11.1. The minimum atomic E-state index is -0.285. The van der Waals surface area contributed by atoms with Crippen LogP contribution in [-0.2, 0) is 6.42 Å². The van der Waals surface area contributed by atoms with Crippen molar-refractivity contribution in [3.05, 3.63) is 59.4 Å². The zero-order chi connectivity index (χ0) is 29.6. The van der Waals surface area contributed by atoms with E-state index in [4.69, 9.17) is 9.15 Å². The SMILES string of the molecule is CCCCc1oc2ccc(NC(=O)NC(C)C)cc2c1C(=O)c1ccc(OCCCN(CCCC)CCCC)cc1. The Labute approximate surface area is 246 Å². The van der Waals surface area contributed by atoms with Gasteiger partial charge in [-0.05, 0) is 95.1 Å². The number of unbranched alkanes of at least 4 members (excludes halogenated alkanes) is 3. The average Bonchev–Trinajstić information content (AvgIpc) is 3.32. The van der Waals surface area contributed by atoms with E-state index in [-0.39, 0.29) is 17.9 Å². The number of hydrogen-bond donors (Lipinski definition) is 2. The van der Waals surface area contributed by atoms with E-state index in [2.05, 4.69) is 36.3 Å². The molecule has 1 heterocycles. The number of rotatable bonds is 18. The third-order valence-corrected chi connectivity index (χ3v) is 7.08. The molecule has 41 heavy (non-hydrogen) atoms. The van der Waals surface area contributed by atoms with Gasteiger partial charge in [-0.25, -0.2) is 4.79 Å². The average molecular weight is 564 g/mol. The summed E-state index contributed by atoms with van der Waals surface area (Å²) < 4.78 is 12.2. The van der Waals surface area contributed by atoms with Gasteiger partial charge in [0.1, 0.15) is 17.1 Å². The van der Waals surface area contributed by atoms with Crippen LogP contribution < -0.4 is 15.4 Å². The molecular formula is C34H49N3O4. The Hall–Kier alpha value is -3.32. The van der Waals surface area contributed by atoms with Gasteiger partial charge in [0.2, 0.25) is 0 Å². The van der Waals surface area contributed by atoms with Gasteiger partial charge in [-0.3, -0.25) is 4.79 Å². The number of carbonyl (C=O) groups excluding carboxylic acids is 2. The topological polar surface area (TPSA) is 83.8 Å². The van der Waals surface area contributed by atoms with Gasteiger partial charge >= 0.3 is 6.03 Å². The Bertz CT molecular complexity index is 1220. The minimum absolute atomic E-state index is 0.0173. The van der Waals surface area contributed by atoms with Gasteiger partial charge in [0.15, 0.2) is 5.78 Å². The van der Waals surface area contributed by atoms with Crippen molar-refractivity contribution in [3.8, 4) is 5.75 Å². The number of nitrogens with one attached hydrogen (secondary N) is 2. The molecule has 7 nitrogen and oxygen atoms in total. The van der Waals surface area contributed by atoms with Gasteiger partial charge < -0.3 is 24.7 Å². The maximum Gasteiger partial charge on any atom is 0.319 e. The molecule has 0 aliphatic heterocycles. The number of ether oxygens (including phenoxy) is 1. The molecule has 0 aliphatic carbocycles. The summed E-state index contributed by atoms with van der Waals surface area (Å²) in [4.78, 5) is 28.6. The Morgan fingerprint density at radius 1 is 0.878 bits per heavy atom. The summed E-state index contributed by atoms with van der Waals surface area (Å²) in [7, 11) is 0. The fourth-order valence-corrected chi connectivity index (χ4v) is 4.84. The van der Waals surface area contributed by atoms with Crippen molar-refractivity contribution in [2.75, 3.05) is 31.6 Å². The Morgan fingerprint density at radius 2 is 1.54 bits per heavy atom. The summed E-state index contributed by atoms with van der Waals surface area (Å²) in [5, 5.41) is 6.39. The second-order valence-corrected chi connectivity index (χ2v) is 11.1. The van der Waals surface area contributed by atoms with Crippen molar-refractivity contribution >= 4 is 28.5 Å². The number of amides is 2. The van der Waals surface area contributed by atoms with Gasteiger partial charge in [-0.1, -0.05) is 40.0 Å². The number of fused-ring (bicyclic) bond motifs is 1. The van der Waals surface area contributed by atoms with Crippen molar-refractivity contribution < 1.29 is 18.7 Å². The molecular weight excluding hydrogens is 514 g/mol. The quantitative estimate of drug-likeness (QED) is 0.120. The number of urea groups is 1. The molecule has 2 N–H and O–H groups in total. The van der Waals surface area contributed by atoms with Gasteiger partial charge in [-0.15, -0.1) is 0 Å². The highest BCUT2D eigenvalue weighted by molar-refractivity contribution is 6.17. The van der Waals surface area contributed by atoms with E-state index in [1.54, 1.807) is 6.07 Å². The molecule has 0 bridgehead atoms. The van der Waals surface area contributed by atoms with Crippen LogP contribution in [0.1, 0.15) is 101 Å². The van der Waals surface area contributed by atoms with Crippen LogP contribution in [0.15, 0.2) is 46.9 Å². The van der Waals surface area contributed by atoms with Crippen LogP contribution in [-0.4, -0.2) is 49.0 Å². The van der Waals surface area contributed by atoms with Crippen LogP contribution in [0.5, 0.6) is 5.75 Å². The van der Waals surface area contributed by atoms with E-state index >= 15 is 0 Å². The van der Waals surface area contributed by atoms with Crippen LogP contribution in [0.3, 0.4) is 0 Å². The first kappa shape index (κ1) is 32.2. The first-order chi connectivity index (χ1) is 19.9. The van der Waals surface area contributed by atoms with Crippen LogP contribution in [0, 0.1) is 0 Å². The largest absolute Gasteiger partial charge is 0.494 e. The fourth-order valence-electron chi connectivity index (χ4n) is 4.84. The number of furan rings is 1. The van der Waals surface area contributed by atoms with Gasteiger partial charge in [0, 0.05) is 35.6 Å². The number of aryl methyl sites for hydroxylation is 1. The lowest BCUT2D eigenvalue weighted by Gasteiger charge is -2.21. The highest BCUT2D eigenvalue weighted by atomic mass is 16.5. The van der Waals surface area contributed by atoms with Crippen LogP contribution in [0.4, 0.5) is 10.5 Å². The molecule has 3 aromatic rings. The smallest absolute Gasteiger partial charge is 0.319 e. The summed E-state index contributed by atoms with van der Waals surface area (Å²) in [5.74, 6) is 1.36. The molecule has 1 aromatic heterocycles. The van der Waals surface area contributed by atoms with Crippen molar-refractivity contribution in [2.24, 2.45) is 0 Å². The van der Waals surface area contributed by atoms with Gasteiger partial charge in [0.05, 0.1) is 12.2 Å². The molecule has 224 valence electrons. The highest BCUT2D eigenvalue weighted by Crippen LogP contribution is 2.32. The van der Waals surface area contributed by atoms with E-state index in [1.165, 1.54) is 25.7 Å². The lowest BCUT2D eigenvalue weighted by Crippen LogP contribution is -2.34. The first-order valence-corrected chi connectivity index (χ1v) is 15.5. The van der Waals surface area contributed by atoms with Crippen LogP contribution in [0.2, 0.25) is 0 Å². The number of ketones is 1. The number of carbonyl (C=O) groups is 2. The molecule has 0 saturated carbocycles. The lowest BCUT2D eigenvalue weighted by molar-refractivity contribution is 0.103. The Kier molecular flexibility index (Phi) is 13.2. The van der Waals surface area contributed by atoms with Crippen molar-refractivity contribution in [2.45, 2.75) is 92.0 Å². The summed E-state index contributed by atoms with van der Waals surface area (Å²) in [6.07, 6.45) is 8.46. The summed E-state index contributed by atoms with van der Waals surface area (Å²) >= 11 is 0. The van der Waals surface area contributed by atoms with Crippen LogP contribution >= 0.6 is 0 Å². The molecule has 0 unspecified atom stereocenters. The van der Waals surface area contributed by atoms with E-state index in [0.717, 1.165) is 44.6 Å². The van der Waals surface area contributed by atoms with Crippen molar-refractivity contribution in [1.82, 2.24) is 10.2 Å². The zero-order valence-corrected chi connectivity index (χ0v) is 25.7. The van der Waals surface area contributed by atoms with Gasteiger partial charge in [-0.2, -0.15) is 0 Å². The first-order valence-electron chi connectivity index (χ1n) is 15.5. The van der Waals surface area contributed by atoms with Crippen LogP contribution in [0.25, 0.3) is 11.0 Å². The van der Waals surface area contributed by atoms with Crippen molar-refractivity contribution in [1.29, 1.82) is 0 Å². The number of hydrogen-bond acceptors (Lipinski definition) is 5. The number of nitrogens with zero attached hydrogens (tertiary/aromatic N) is 1. The van der Waals surface area contributed by atoms with Gasteiger partial charge in [0.25, 0.3) is 0 Å². The molecule has 7 heteroatoms. The van der Waals surface area contributed by atoms with E-state index < -0.39 is 0 Å². The molecule has 0 fully saturated rings. The Balaban J connectivity index is 1.71. The zero-order valence-electron chi connectivity index (χ0n) is 25.7. The monoisotopic (exact) mass is 563 g/mol. The maximum absolute atomic E-state index is 13.8. The second kappa shape index (κ2) is 16.8. The standard InChI is InChI=1S/C34H49N3O4/c1-6-9-13-31-32(29-24-27(16-19-30(29)41-31)36-34(39)35-25(4)5)33(38)26-14-17-28(18-15-26)40-23-12-22-37(20-10-7-2)21-11-8-3/h14-19,24-25H,6-13,20-23H2,1-5H3,(H2,35,36,39). The molecule has 2 aromatic carbocycles. The molecule has 0 saturated heterocycles. The molecule has 0 spiro atoms. The van der Waals surface area contributed by atoms with E-state index in [0.29, 0.717) is 46.6 Å². The molecule has 0 radical (unpaired) electrons. The minimum Gasteiger partial charge on any atom is -0.494 e. The molecule has 0 atom stereocenters. The molecule has 3 rings (SSSR count). The predicted molar refractivity (Wildman–Crippen MR) is 168 cm³/mol. The van der Waals surface area contributed by atoms with E-state index in [1.807, 2.05) is 50.2 Å². The summed E-state index contributed by atoms with van der Waals surface area (Å²) in [5.41, 5.74) is 2.40. The third kappa shape index (κ3) is 9.92. The van der Waals surface area contributed by atoms with E-state index in [9.17, 15) is 9.59 Å². The molecule has 0 aliphatic rings. The third-order valence-electron chi connectivity index (χ3n) is 7.08. The number of benzene rings is 2. The summed E-state index contributed by atoms with van der Waals surface area (Å²) in [6.45, 7) is 14.4. The highest BCUT2D eigenvalue weighted by Gasteiger charge is 2.22.